The molecular formula is C21H16ClF3N4O3. The lowest BCUT2D eigenvalue weighted by Gasteiger charge is -2.10. The van der Waals surface area contributed by atoms with Gasteiger partial charge < -0.3 is 0 Å². The molecule has 0 aliphatic rings. The first kappa shape index (κ1) is 23.0. The van der Waals surface area contributed by atoms with Crippen molar-refractivity contribution < 1.29 is 27.6 Å². The van der Waals surface area contributed by atoms with Gasteiger partial charge in [0, 0.05) is 0 Å². The molecule has 0 saturated heterocycles. The average molecular weight is 465 g/mol. The Labute approximate surface area is 185 Å². The highest BCUT2D eigenvalue weighted by atomic mass is 35.5. The Morgan fingerprint density at radius 1 is 1.00 bits per heavy atom. The third-order valence-corrected chi connectivity index (χ3v) is 4.88. The van der Waals surface area contributed by atoms with Crippen LogP contribution < -0.4 is 10.9 Å². The standard InChI is InChI=1S/C21H16ClF3N4O3/c1-11-17(12(2)29(28-11)14-7-5-6-13(10-14)21(23,24)25)18(30)20(32)27-26-19(31)15-8-3-4-9-16(15)22/h3-10H,1-2H3,(H,26,31)(H,27,32). The third kappa shape index (κ3) is 4.65. The molecule has 0 fully saturated rings. The normalized spacial score (nSPS) is 11.2. The van der Waals surface area contributed by atoms with Crippen LogP contribution in [-0.4, -0.2) is 27.4 Å². The van der Waals surface area contributed by atoms with Crippen LogP contribution in [0.3, 0.4) is 0 Å². The van der Waals surface area contributed by atoms with E-state index in [2.05, 4.69) is 10.5 Å². The Kier molecular flexibility index (Phi) is 6.35. The molecular weight excluding hydrogens is 449 g/mol. The van der Waals surface area contributed by atoms with E-state index in [4.69, 9.17) is 11.6 Å². The van der Waals surface area contributed by atoms with Gasteiger partial charge in [0.1, 0.15) is 0 Å². The predicted octanol–water partition coefficient (Wildman–Crippen LogP) is 3.81. The number of ketones is 1. The maximum absolute atomic E-state index is 13.0. The zero-order chi connectivity index (χ0) is 23.6. The summed E-state index contributed by atoms with van der Waals surface area (Å²) in [6, 6.07) is 10.5. The Morgan fingerprint density at radius 3 is 2.34 bits per heavy atom. The summed E-state index contributed by atoms with van der Waals surface area (Å²) in [5.41, 5.74) is 3.60. The molecule has 0 aliphatic heterocycles. The van der Waals surface area contributed by atoms with Crippen LogP contribution in [0.5, 0.6) is 0 Å². The molecule has 2 aromatic carbocycles. The summed E-state index contributed by atoms with van der Waals surface area (Å²) in [7, 11) is 0. The maximum Gasteiger partial charge on any atom is 0.416 e. The fourth-order valence-electron chi connectivity index (χ4n) is 3.03. The number of hydrogen-bond donors (Lipinski definition) is 2. The van der Waals surface area contributed by atoms with Gasteiger partial charge in [-0.15, -0.1) is 0 Å². The quantitative estimate of drug-likeness (QED) is 0.349. The number of nitrogens with one attached hydrogen (secondary N) is 2. The fraction of sp³-hybridized carbons (Fsp3) is 0.143. The molecule has 3 aromatic rings. The van der Waals surface area contributed by atoms with E-state index in [9.17, 15) is 27.6 Å². The molecule has 0 aliphatic carbocycles. The number of aryl methyl sites for hydroxylation is 1. The van der Waals surface area contributed by atoms with Crippen LogP contribution in [0.15, 0.2) is 48.5 Å². The maximum atomic E-state index is 13.0. The van der Waals surface area contributed by atoms with Crippen molar-refractivity contribution in [2.75, 3.05) is 0 Å². The molecule has 3 rings (SSSR count). The summed E-state index contributed by atoms with van der Waals surface area (Å²) in [6.07, 6.45) is -4.55. The van der Waals surface area contributed by atoms with Gasteiger partial charge in [-0.2, -0.15) is 18.3 Å². The molecule has 2 N–H and O–H groups in total. The van der Waals surface area contributed by atoms with E-state index < -0.39 is 29.3 Å². The fourth-order valence-corrected chi connectivity index (χ4v) is 3.25. The minimum Gasteiger partial charge on any atom is -0.283 e. The lowest BCUT2D eigenvalue weighted by molar-refractivity contribution is -0.137. The Hall–Kier alpha value is -3.66. The van der Waals surface area contributed by atoms with Crippen molar-refractivity contribution in [1.29, 1.82) is 0 Å². The number of rotatable bonds is 4. The molecule has 2 amide bonds. The molecule has 11 heteroatoms. The van der Waals surface area contributed by atoms with E-state index in [1.807, 2.05) is 5.43 Å². The summed E-state index contributed by atoms with van der Waals surface area (Å²) in [5.74, 6) is -2.90. The number of carbonyl (C=O) groups is 3. The highest BCUT2D eigenvalue weighted by molar-refractivity contribution is 6.43. The van der Waals surface area contributed by atoms with Crippen molar-refractivity contribution in [2.24, 2.45) is 0 Å². The number of Topliss-reactive ketones (excluding diaryl/α,β-unsaturated/α-hetero) is 1. The number of aromatic nitrogens is 2. The molecule has 32 heavy (non-hydrogen) atoms. The van der Waals surface area contributed by atoms with Gasteiger partial charge in [0.2, 0.25) is 0 Å². The minimum atomic E-state index is -4.55. The van der Waals surface area contributed by atoms with Gasteiger partial charge >= 0.3 is 12.1 Å². The molecule has 0 atom stereocenters. The number of hydrogen-bond acceptors (Lipinski definition) is 4. The Balaban J connectivity index is 1.81. The average Bonchev–Trinajstić information content (AvgIpc) is 3.05. The summed E-state index contributed by atoms with van der Waals surface area (Å²) in [6.45, 7) is 2.89. The first-order chi connectivity index (χ1) is 15.0. The van der Waals surface area contributed by atoms with Gasteiger partial charge in [0.15, 0.2) is 0 Å². The van der Waals surface area contributed by atoms with E-state index >= 15 is 0 Å². The third-order valence-electron chi connectivity index (χ3n) is 4.55. The molecule has 1 aromatic heterocycles. The smallest absolute Gasteiger partial charge is 0.283 e. The molecule has 7 nitrogen and oxygen atoms in total. The van der Waals surface area contributed by atoms with E-state index in [-0.39, 0.29) is 33.2 Å². The van der Waals surface area contributed by atoms with Crippen molar-refractivity contribution in [3.63, 3.8) is 0 Å². The largest absolute Gasteiger partial charge is 0.416 e. The van der Waals surface area contributed by atoms with Crippen molar-refractivity contribution in [3.05, 3.63) is 81.6 Å². The van der Waals surface area contributed by atoms with Crippen LogP contribution in [0.4, 0.5) is 13.2 Å². The van der Waals surface area contributed by atoms with E-state index in [1.165, 1.54) is 38.1 Å². The molecule has 0 unspecified atom stereocenters. The summed E-state index contributed by atoms with van der Waals surface area (Å²) in [5, 5.41) is 4.26. The zero-order valence-corrected chi connectivity index (χ0v) is 17.5. The van der Waals surface area contributed by atoms with Crippen molar-refractivity contribution in [3.8, 4) is 5.69 Å². The number of halogens is 4. The Bertz CT molecular complexity index is 1220. The van der Waals surface area contributed by atoms with E-state index in [0.29, 0.717) is 0 Å². The lowest BCUT2D eigenvalue weighted by Crippen LogP contribution is -2.45. The monoisotopic (exact) mass is 464 g/mol. The van der Waals surface area contributed by atoms with Crippen molar-refractivity contribution in [2.45, 2.75) is 20.0 Å². The molecule has 0 radical (unpaired) electrons. The van der Waals surface area contributed by atoms with Gasteiger partial charge in [-0.1, -0.05) is 29.8 Å². The second-order valence-electron chi connectivity index (χ2n) is 6.72. The molecule has 0 spiro atoms. The van der Waals surface area contributed by atoms with Crippen LogP contribution in [0.1, 0.15) is 37.7 Å². The van der Waals surface area contributed by atoms with Crippen LogP contribution in [0.25, 0.3) is 5.69 Å². The van der Waals surface area contributed by atoms with Gasteiger partial charge in [0.05, 0.1) is 38.8 Å². The molecule has 0 bridgehead atoms. The number of alkyl halides is 3. The summed E-state index contributed by atoms with van der Waals surface area (Å²) < 4.78 is 40.2. The minimum absolute atomic E-state index is 0.0758. The van der Waals surface area contributed by atoms with Crippen molar-refractivity contribution >= 4 is 29.2 Å². The first-order valence-corrected chi connectivity index (χ1v) is 9.52. The lowest BCUT2D eigenvalue weighted by atomic mass is 10.1. The topological polar surface area (TPSA) is 93.1 Å². The number of hydrazine groups is 1. The number of benzene rings is 2. The van der Waals surface area contributed by atoms with Gasteiger partial charge in [0.25, 0.3) is 11.7 Å². The highest BCUT2D eigenvalue weighted by Crippen LogP contribution is 2.31. The number of carbonyl (C=O) groups excluding carboxylic acids is 3. The van der Waals surface area contributed by atoms with Gasteiger partial charge in [-0.25, -0.2) is 4.68 Å². The van der Waals surface area contributed by atoms with E-state index in [1.54, 1.807) is 12.1 Å². The number of amides is 2. The first-order valence-electron chi connectivity index (χ1n) is 9.14. The summed E-state index contributed by atoms with van der Waals surface area (Å²) in [4.78, 5) is 37.1. The SMILES string of the molecule is Cc1nn(-c2cccc(C(F)(F)F)c2)c(C)c1C(=O)C(=O)NNC(=O)c1ccccc1Cl. The molecule has 0 saturated carbocycles. The molecule has 1 heterocycles. The van der Waals surface area contributed by atoms with Crippen LogP contribution in [0, 0.1) is 13.8 Å². The Morgan fingerprint density at radius 2 is 1.69 bits per heavy atom. The van der Waals surface area contributed by atoms with Gasteiger partial charge in [-0.3, -0.25) is 25.2 Å². The van der Waals surface area contributed by atoms with Gasteiger partial charge in [-0.05, 0) is 44.2 Å². The van der Waals surface area contributed by atoms with Crippen LogP contribution in [-0.2, 0) is 11.0 Å². The van der Waals surface area contributed by atoms with Crippen molar-refractivity contribution in [1.82, 2.24) is 20.6 Å². The number of nitrogens with zero attached hydrogens (tertiary/aromatic N) is 2. The van der Waals surface area contributed by atoms with E-state index in [0.717, 1.165) is 16.8 Å². The molecule has 166 valence electrons. The second kappa shape index (κ2) is 8.83. The second-order valence-corrected chi connectivity index (χ2v) is 7.13. The highest BCUT2D eigenvalue weighted by Gasteiger charge is 2.31. The van der Waals surface area contributed by atoms with Crippen LogP contribution in [0.2, 0.25) is 5.02 Å². The zero-order valence-electron chi connectivity index (χ0n) is 16.7. The summed E-state index contributed by atoms with van der Waals surface area (Å²) >= 11 is 5.91. The predicted molar refractivity (Wildman–Crippen MR) is 109 cm³/mol. The van der Waals surface area contributed by atoms with Crippen LogP contribution >= 0.6 is 11.6 Å².